The van der Waals surface area contributed by atoms with Gasteiger partial charge in [-0.15, -0.1) is 0 Å². The van der Waals surface area contributed by atoms with Gasteiger partial charge in [0.05, 0.1) is 0 Å². The van der Waals surface area contributed by atoms with Crippen molar-refractivity contribution >= 4 is 11.7 Å². The summed E-state index contributed by atoms with van der Waals surface area (Å²) >= 11 is 0. The molecule has 0 atom stereocenters. The van der Waals surface area contributed by atoms with Gasteiger partial charge in [0.15, 0.2) is 0 Å². The lowest BCUT2D eigenvalue weighted by Crippen LogP contribution is -2.43. The van der Waals surface area contributed by atoms with Gasteiger partial charge in [-0.3, -0.25) is 4.79 Å². The average Bonchev–Trinajstić information content (AvgIpc) is 3.22. The van der Waals surface area contributed by atoms with Gasteiger partial charge in [0.1, 0.15) is 11.6 Å². The minimum absolute atomic E-state index is 0.340. The Morgan fingerprint density at radius 3 is 2.50 bits per heavy atom. The zero-order valence-electron chi connectivity index (χ0n) is 12.2. The second-order valence-electron chi connectivity index (χ2n) is 5.96. The highest BCUT2D eigenvalue weighted by Gasteiger charge is 2.34. The molecule has 1 aromatic rings. The molecule has 5 nitrogen and oxygen atoms in total. The Morgan fingerprint density at radius 1 is 1.20 bits per heavy atom. The minimum Gasteiger partial charge on any atom is -0.367 e. The number of carbonyl (C=O) groups is 1. The van der Waals surface area contributed by atoms with Crippen molar-refractivity contribution in [2.24, 2.45) is 5.92 Å². The minimum atomic E-state index is 0.340. The summed E-state index contributed by atoms with van der Waals surface area (Å²) in [6.07, 6.45) is 4.19. The van der Waals surface area contributed by atoms with Crippen LogP contribution in [0.5, 0.6) is 0 Å². The predicted molar refractivity (Wildman–Crippen MR) is 77.5 cm³/mol. The topological polar surface area (TPSA) is 58.1 Å². The van der Waals surface area contributed by atoms with Gasteiger partial charge in [0.2, 0.25) is 5.91 Å². The molecular weight excluding hydrogens is 252 g/mol. The maximum atomic E-state index is 12.0. The first-order valence-corrected chi connectivity index (χ1v) is 7.49. The number of hydrogen-bond acceptors (Lipinski definition) is 4. The van der Waals surface area contributed by atoms with Crippen LogP contribution in [-0.2, 0) is 4.79 Å². The van der Waals surface area contributed by atoms with Crippen LogP contribution >= 0.6 is 0 Å². The molecule has 1 saturated carbocycles. The molecule has 2 heterocycles. The van der Waals surface area contributed by atoms with E-state index in [0.717, 1.165) is 56.1 Å². The van der Waals surface area contributed by atoms with E-state index < -0.39 is 0 Å². The molecule has 1 aliphatic carbocycles. The standard InChI is InChI=1S/C15H22N4O/c1-10-9-14(17-11(2)16-10)18-13-5-7-19(8-6-13)15(20)12-3-4-12/h9,12-13H,3-8H2,1-2H3,(H,16,17,18). The Balaban J connectivity index is 1.54. The van der Waals surface area contributed by atoms with E-state index in [2.05, 4.69) is 15.3 Å². The van der Waals surface area contributed by atoms with Gasteiger partial charge in [-0.1, -0.05) is 0 Å². The number of piperidine rings is 1. The van der Waals surface area contributed by atoms with E-state index in [1.165, 1.54) is 0 Å². The molecule has 3 rings (SSSR count). The first-order chi connectivity index (χ1) is 9.61. The van der Waals surface area contributed by atoms with Crippen molar-refractivity contribution in [1.29, 1.82) is 0 Å². The number of aromatic nitrogens is 2. The van der Waals surface area contributed by atoms with E-state index in [0.29, 0.717) is 17.9 Å². The van der Waals surface area contributed by atoms with Gasteiger partial charge < -0.3 is 10.2 Å². The molecule has 0 unspecified atom stereocenters. The van der Waals surface area contributed by atoms with E-state index in [9.17, 15) is 4.79 Å². The van der Waals surface area contributed by atoms with Crippen molar-refractivity contribution in [2.45, 2.75) is 45.6 Å². The lowest BCUT2D eigenvalue weighted by molar-refractivity contribution is -0.133. The van der Waals surface area contributed by atoms with Crippen molar-refractivity contribution < 1.29 is 4.79 Å². The van der Waals surface area contributed by atoms with E-state index in [1.54, 1.807) is 0 Å². The maximum absolute atomic E-state index is 12.0. The fraction of sp³-hybridized carbons (Fsp3) is 0.667. The van der Waals surface area contributed by atoms with Gasteiger partial charge in [-0.05, 0) is 39.5 Å². The first kappa shape index (κ1) is 13.3. The van der Waals surface area contributed by atoms with Crippen LogP contribution in [0.1, 0.15) is 37.2 Å². The van der Waals surface area contributed by atoms with Crippen molar-refractivity contribution in [2.75, 3.05) is 18.4 Å². The van der Waals surface area contributed by atoms with Crippen LogP contribution in [0.2, 0.25) is 0 Å². The predicted octanol–water partition coefficient (Wildman–Crippen LogP) is 1.91. The number of nitrogens with one attached hydrogen (secondary N) is 1. The van der Waals surface area contributed by atoms with E-state index in [1.807, 2.05) is 24.8 Å². The highest BCUT2D eigenvalue weighted by Crippen LogP contribution is 2.32. The van der Waals surface area contributed by atoms with Crippen molar-refractivity contribution in [3.63, 3.8) is 0 Å². The molecule has 1 aliphatic heterocycles. The summed E-state index contributed by atoms with van der Waals surface area (Å²) in [4.78, 5) is 22.7. The Hall–Kier alpha value is -1.65. The van der Waals surface area contributed by atoms with Gasteiger partial charge in [-0.2, -0.15) is 0 Å². The summed E-state index contributed by atoms with van der Waals surface area (Å²) in [7, 11) is 0. The Bertz CT molecular complexity index is 484. The van der Waals surface area contributed by atoms with Crippen molar-refractivity contribution in [3.8, 4) is 0 Å². The Morgan fingerprint density at radius 2 is 1.90 bits per heavy atom. The van der Waals surface area contributed by atoms with Crippen molar-refractivity contribution in [3.05, 3.63) is 17.6 Å². The molecule has 1 saturated heterocycles. The summed E-state index contributed by atoms with van der Waals surface area (Å²) in [5.74, 6) is 2.42. The number of nitrogens with zero attached hydrogens (tertiary/aromatic N) is 3. The number of hydrogen-bond donors (Lipinski definition) is 1. The number of aryl methyl sites for hydroxylation is 2. The van der Waals surface area contributed by atoms with Crippen LogP contribution in [0.4, 0.5) is 5.82 Å². The maximum Gasteiger partial charge on any atom is 0.225 e. The monoisotopic (exact) mass is 274 g/mol. The van der Waals surface area contributed by atoms with Crippen LogP contribution in [0.15, 0.2) is 6.07 Å². The van der Waals surface area contributed by atoms with Gasteiger partial charge in [0.25, 0.3) is 0 Å². The third-order valence-electron chi connectivity index (χ3n) is 4.05. The molecule has 108 valence electrons. The fourth-order valence-electron chi connectivity index (χ4n) is 2.83. The summed E-state index contributed by atoms with van der Waals surface area (Å²) in [5.41, 5.74) is 0.987. The lowest BCUT2D eigenvalue weighted by Gasteiger charge is -2.32. The fourth-order valence-corrected chi connectivity index (χ4v) is 2.83. The normalized spacial score (nSPS) is 20.0. The number of rotatable bonds is 3. The smallest absolute Gasteiger partial charge is 0.225 e. The molecule has 0 aromatic carbocycles. The Labute approximate surface area is 119 Å². The molecule has 2 aliphatic rings. The van der Waals surface area contributed by atoms with Crippen molar-refractivity contribution in [1.82, 2.24) is 14.9 Å². The average molecular weight is 274 g/mol. The van der Waals surface area contributed by atoms with Crippen LogP contribution in [0.25, 0.3) is 0 Å². The summed E-state index contributed by atoms with van der Waals surface area (Å²) < 4.78 is 0. The second kappa shape index (κ2) is 5.38. The molecule has 0 bridgehead atoms. The summed E-state index contributed by atoms with van der Waals surface area (Å²) in [5, 5.41) is 3.48. The summed E-state index contributed by atoms with van der Waals surface area (Å²) in [6, 6.07) is 2.39. The molecule has 0 radical (unpaired) electrons. The highest BCUT2D eigenvalue weighted by molar-refractivity contribution is 5.81. The van der Waals surface area contributed by atoms with E-state index in [-0.39, 0.29) is 0 Å². The van der Waals surface area contributed by atoms with Gasteiger partial charge >= 0.3 is 0 Å². The molecule has 0 spiro atoms. The third-order valence-corrected chi connectivity index (χ3v) is 4.05. The number of likely N-dealkylation sites (tertiary alicyclic amines) is 1. The molecule has 1 N–H and O–H groups in total. The SMILES string of the molecule is Cc1cc(NC2CCN(C(=O)C3CC3)CC2)nc(C)n1. The number of anilines is 1. The van der Waals surface area contributed by atoms with E-state index in [4.69, 9.17) is 0 Å². The quantitative estimate of drug-likeness (QED) is 0.914. The molecule has 1 aromatic heterocycles. The molecular formula is C15H22N4O. The first-order valence-electron chi connectivity index (χ1n) is 7.49. The molecule has 20 heavy (non-hydrogen) atoms. The van der Waals surface area contributed by atoms with Crippen LogP contribution < -0.4 is 5.32 Å². The van der Waals surface area contributed by atoms with Crippen LogP contribution in [0.3, 0.4) is 0 Å². The van der Waals surface area contributed by atoms with Crippen LogP contribution in [0, 0.1) is 19.8 Å². The largest absolute Gasteiger partial charge is 0.367 e. The second-order valence-corrected chi connectivity index (χ2v) is 5.96. The third kappa shape index (κ3) is 3.08. The number of amides is 1. The zero-order chi connectivity index (χ0) is 14.1. The highest BCUT2D eigenvalue weighted by atomic mass is 16.2. The van der Waals surface area contributed by atoms with Gasteiger partial charge in [-0.25, -0.2) is 9.97 Å². The number of carbonyl (C=O) groups excluding carboxylic acids is 1. The lowest BCUT2D eigenvalue weighted by atomic mass is 10.0. The van der Waals surface area contributed by atoms with Crippen LogP contribution in [-0.4, -0.2) is 39.9 Å². The summed E-state index contributed by atoms with van der Waals surface area (Å²) in [6.45, 7) is 5.64. The molecule has 2 fully saturated rings. The Kier molecular flexibility index (Phi) is 3.59. The molecule has 5 heteroatoms. The van der Waals surface area contributed by atoms with E-state index >= 15 is 0 Å². The molecule has 1 amide bonds. The zero-order valence-corrected chi connectivity index (χ0v) is 12.2. The van der Waals surface area contributed by atoms with Gasteiger partial charge in [0, 0.05) is 36.8 Å².